The monoisotopic (exact) mass is 787 g/mol. The standard InChI is InChI=1S/C38H49N3O9S3/c1-5-7-18-38(19-8-6-2)24-41(27-12-10-9-11-13-27)30-20-32(51-3)31(21-33(30)53(48,49)25-38)50-22-34(43)40-35(26-14-16-28(42)17-15-26)36(44)39-29(37(45)46)23-52(4)47/h9-17,20-21,29,35,42H,5-8,18-19,22-25H2,1-4H3,(H,39,44)(H,40,43)(H,45,46)/t29?,35-,52+/m1/s1. The van der Waals surface area contributed by atoms with Crippen LogP contribution < -0.4 is 20.3 Å². The van der Waals surface area contributed by atoms with Gasteiger partial charge in [-0.1, -0.05) is 81.0 Å². The maximum atomic E-state index is 14.4. The van der Waals surface area contributed by atoms with Gasteiger partial charge in [0.2, 0.25) is 5.91 Å². The smallest absolute Gasteiger partial charge is 0.331 e. The van der Waals surface area contributed by atoms with Crippen molar-refractivity contribution >= 4 is 61.9 Å². The van der Waals surface area contributed by atoms with Crippen molar-refractivity contribution in [2.24, 2.45) is 5.41 Å². The second-order valence-corrected chi connectivity index (χ2v) is 17.7. The van der Waals surface area contributed by atoms with E-state index in [9.17, 15) is 37.6 Å². The maximum Gasteiger partial charge on any atom is 0.331 e. The molecule has 0 fully saturated rings. The fourth-order valence-electron chi connectivity index (χ4n) is 6.56. The Morgan fingerprint density at radius 1 is 1.02 bits per heavy atom. The van der Waals surface area contributed by atoms with Crippen LogP contribution in [0, 0.1) is 5.41 Å². The molecule has 0 saturated carbocycles. The lowest BCUT2D eigenvalue weighted by Gasteiger charge is -2.37. The van der Waals surface area contributed by atoms with Crippen molar-refractivity contribution in [2.75, 3.05) is 42.1 Å². The quantitative estimate of drug-likeness (QED) is 0.0931. The number of anilines is 2. The second-order valence-electron chi connectivity index (χ2n) is 13.4. The molecule has 1 aliphatic heterocycles. The fraction of sp³-hybridized carbons (Fsp3) is 0.447. The highest BCUT2D eigenvalue weighted by Gasteiger charge is 2.42. The predicted molar refractivity (Wildman–Crippen MR) is 208 cm³/mol. The molecule has 4 rings (SSSR count). The molecule has 12 nitrogen and oxygen atoms in total. The summed E-state index contributed by atoms with van der Waals surface area (Å²) in [6, 6.07) is 15.6. The zero-order valence-electron chi connectivity index (χ0n) is 30.5. The number of nitrogens with one attached hydrogen (secondary N) is 2. The van der Waals surface area contributed by atoms with E-state index in [0.717, 1.165) is 44.2 Å². The molecule has 1 aliphatic rings. The number of amides is 2. The van der Waals surface area contributed by atoms with Crippen LogP contribution in [-0.4, -0.2) is 84.2 Å². The highest BCUT2D eigenvalue weighted by atomic mass is 32.2. The molecule has 0 aromatic heterocycles. The summed E-state index contributed by atoms with van der Waals surface area (Å²) >= 11 is -0.208. The lowest BCUT2D eigenvalue weighted by atomic mass is 9.79. The SMILES string of the molecule is CCCCC1(CCCC)CN(c2ccccc2)c2cc(SC)c(OCC(=O)N[C@@H](C(=O)NC(C[S@+](C)[O-])C(=O)O)c3ccc(O)cc3)cc2S(=O)(=O)C1. The van der Waals surface area contributed by atoms with Crippen molar-refractivity contribution in [3.8, 4) is 11.5 Å². The molecule has 0 bridgehead atoms. The number of hydrogen-bond donors (Lipinski definition) is 4. The van der Waals surface area contributed by atoms with Crippen LogP contribution in [0.15, 0.2) is 76.5 Å². The highest BCUT2D eigenvalue weighted by Crippen LogP contribution is 2.47. The van der Waals surface area contributed by atoms with Gasteiger partial charge in [-0.2, -0.15) is 0 Å². The van der Waals surface area contributed by atoms with E-state index in [1.807, 2.05) is 36.6 Å². The normalized spacial score (nSPS) is 16.4. The number of para-hydroxylation sites is 1. The van der Waals surface area contributed by atoms with E-state index in [2.05, 4.69) is 29.4 Å². The third kappa shape index (κ3) is 11.1. The van der Waals surface area contributed by atoms with E-state index in [1.165, 1.54) is 48.3 Å². The third-order valence-electron chi connectivity index (χ3n) is 9.22. The third-order valence-corrected chi connectivity index (χ3v) is 12.8. The summed E-state index contributed by atoms with van der Waals surface area (Å²) in [5.74, 6) is -3.31. The molecule has 3 aromatic rings. The molecule has 3 aromatic carbocycles. The number of aromatic hydroxyl groups is 1. The molecule has 0 aliphatic carbocycles. The predicted octanol–water partition coefficient (Wildman–Crippen LogP) is 5.59. The van der Waals surface area contributed by atoms with Gasteiger partial charge in [0.25, 0.3) is 5.91 Å². The number of ether oxygens (including phenoxy) is 1. The maximum absolute atomic E-state index is 14.4. The van der Waals surface area contributed by atoms with E-state index < -0.39 is 62.9 Å². The lowest BCUT2D eigenvalue weighted by Crippen LogP contribution is -2.50. The summed E-state index contributed by atoms with van der Waals surface area (Å²) in [4.78, 5) is 41.4. The van der Waals surface area contributed by atoms with Crippen molar-refractivity contribution in [2.45, 2.75) is 74.2 Å². The molecule has 3 atom stereocenters. The van der Waals surface area contributed by atoms with Gasteiger partial charge in [-0.25, -0.2) is 13.2 Å². The molecule has 1 heterocycles. The molecular formula is C38H49N3O9S3. The first kappa shape index (κ1) is 41.8. The molecule has 15 heteroatoms. The van der Waals surface area contributed by atoms with Gasteiger partial charge in [-0.15, -0.1) is 11.8 Å². The second kappa shape index (κ2) is 18.9. The molecule has 53 heavy (non-hydrogen) atoms. The van der Waals surface area contributed by atoms with Gasteiger partial charge in [0.1, 0.15) is 23.3 Å². The number of carbonyl (C=O) groups excluding carboxylic acids is 2. The number of phenols is 1. The molecular weight excluding hydrogens is 739 g/mol. The number of carboxylic acids is 1. The van der Waals surface area contributed by atoms with Gasteiger partial charge in [0.15, 0.2) is 22.5 Å². The van der Waals surface area contributed by atoms with Gasteiger partial charge in [-0.05, 0) is 55.0 Å². The summed E-state index contributed by atoms with van der Waals surface area (Å²) in [5, 5.41) is 24.3. The van der Waals surface area contributed by atoms with Crippen LogP contribution in [0.25, 0.3) is 0 Å². The number of carboxylic acid groups (broad SMARTS) is 1. The van der Waals surface area contributed by atoms with Gasteiger partial charge in [0, 0.05) is 23.7 Å². The Balaban J connectivity index is 1.68. The number of phenolic OH excluding ortho intramolecular Hbond substituents is 1. The molecule has 4 N–H and O–H groups in total. The number of thioether (sulfide) groups is 1. The van der Waals surface area contributed by atoms with E-state index in [0.29, 0.717) is 17.1 Å². The van der Waals surface area contributed by atoms with Crippen LogP contribution in [0.4, 0.5) is 11.4 Å². The Bertz CT molecular complexity index is 1820. The minimum absolute atomic E-state index is 0.0265. The summed E-state index contributed by atoms with van der Waals surface area (Å²) in [6.45, 7) is 4.13. The Morgan fingerprint density at radius 3 is 2.23 bits per heavy atom. The van der Waals surface area contributed by atoms with Crippen molar-refractivity contribution in [3.05, 3.63) is 72.3 Å². The average Bonchev–Trinajstić information content (AvgIpc) is 3.22. The zero-order valence-corrected chi connectivity index (χ0v) is 33.0. The largest absolute Gasteiger partial charge is 0.616 e. The number of sulfone groups is 1. The number of nitrogens with zero attached hydrogens (tertiary/aromatic N) is 1. The van der Waals surface area contributed by atoms with E-state index in [4.69, 9.17) is 4.74 Å². The molecule has 2 amide bonds. The van der Waals surface area contributed by atoms with E-state index in [-0.39, 0.29) is 33.5 Å². The zero-order chi connectivity index (χ0) is 38.8. The van der Waals surface area contributed by atoms with Crippen molar-refractivity contribution in [1.82, 2.24) is 10.6 Å². The van der Waals surface area contributed by atoms with Crippen molar-refractivity contribution in [3.63, 3.8) is 0 Å². The number of hydrogen-bond acceptors (Lipinski definition) is 10. The van der Waals surface area contributed by atoms with Gasteiger partial charge < -0.3 is 35.0 Å². The Kier molecular flexibility index (Phi) is 14.9. The molecule has 1 unspecified atom stereocenters. The molecule has 0 spiro atoms. The fourth-order valence-corrected chi connectivity index (χ4v) is 9.92. The number of aliphatic carboxylic acids is 1. The molecule has 0 radical (unpaired) electrons. The number of fused-ring (bicyclic) bond motifs is 1. The lowest BCUT2D eigenvalue weighted by molar-refractivity contribution is -0.141. The molecule has 288 valence electrons. The van der Waals surface area contributed by atoms with Crippen LogP contribution >= 0.6 is 11.8 Å². The van der Waals surface area contributed by atoms with Crippen LogP contribution in [0.5, 0.6) is 11.5 Å². The first-order valence-electron chi connectivity index (χ1n) is 17.5. The number of rotatable bonds is 18. The summed E-state index contributed by atoms with van der Waals surface area (Å²) in [6.07, 6.45) is 8.34. The van der Waals surface area contributed by atoms with Crippen LogP contribution in [0.3, 0.4) is 0 Å². The number of carbonyl (C=O) groups is 3. The Hall–Kier alpha value is -3.92. The number of unbranched alkanes of at least 4 members (excludes halogenated alkanes) is 2. The van der Waals surface area contributed by atoms with Crippen LogP contribution in [0.2, 0.25) is 0 Å². The summed E-state index contributed by atoms with van der Waals surface area (Å²) < 4.78 is 46.6. The van der Waals surface area contributed by atoms with Crippen LogP contribution in [0.1, 0.15) is 64.0 Å². The topological polar surface area (TPSA) is 185 Å². The average molecular weight is 788 g/mol. The minimum Gasteiger partial charge on any atom is -0.616 e. The number of benzene rings is 3. The summed E-state index contributed by atoms with van der Waals surface area (Å²) in [5.41, 5.74) is 1.16. The van der Waals surface area contributed by atoms with Crippen LogP contribution in [-0.2, 0) is 35.4 Å². The van der Waals surface area contributed by atoms with Gasteiger partial charge in [-0.3, -0.25) is 9.59 Å². The first-order valence-corrected chi connectivity index (χ1v) is 22.1. The van der Waals surface area contributed by atoms with Gasteiger partial charge in [0.05, 0.1) is 27.5 Å². The molecule has 0 saturated heterocycles. The Labute approximate surface area is 319 Å². The Morgan fingerprint density at radius 2 is 1.66 bits per heavy atom. The van der Waals surface area contributed by atoms with Crippen molar-refractivity contribution < 1.29 is 42.3 Å². The van der Waals surface area contributed by atoms with E-state index >= 15 is 0 Å². The summed E-state index contributed by atoms with van der Waals surface area (Å²) in [7, 11) is -3.85. The van der Waals surface area contributed by atoms with Crippen molar-refractivity contribution in [1.29, 1.82) is 0 Å². The highest BCUT2D eigenvalue weighted by molar-refractivity contribution is 7.98. The first-order chi connectivity index (χ1) is 25.2. The van der Waals surface area contributed by atoms with Gasteiger partial charge >= 0.3 is 5.97 Å². The van der Waals surface area contributed by atoms with E-state index in [1.54, 1.807) is 6.07 Å². The minimum atomic E-state index is -3.85.